The molecule has 0 radical (unpaired) electrons. The Morgan fingerprint density at radius 2 is 1.12 bits per heavy atom. The number of hydrogen-bond acceptors (Lipinski definition) is 6. The van der Waals surface area contributed by atoms with Crippen molar-refractivity contribution in [3.8, 4) is 0 Å². The molecule has 0 aliphatic carbocycles. The molecule has 0 saturated carbocycles. The van der Waals surface area contributed by atoms with Crippen LogP contribution in [0.2, 0.25) is 0 Å². The Hall–Kier alpha value is -2.58. The Balaban J connectivity index is 1.37. The maximum atomic E-state index is 11.2. The molecule has 33 heavy (non-hydrogen) atoms. The van der Waals surface area contributed by atoms with Gasteiger partial charge in [-0.15, -0.1) is 0 Å². The van der Waals surface area contributed by atoms with Crippen LogP contribution in [0, 0.1) is 0 Å². The first kappa shape index (κ1) is 22.2. The van der Waals surface area contributed by atoms with Crippen LogP contribution in [0.25, 0.3) is 0 Å². The first-order valence-corrected chi connectivity index (χ1v) is 11.2. The fourth-order valence-corrected chi connectivity index (χ4v) is 4.24. The Morgan fingerprint density at radius 1 is 0.667 bits per heavy atom. The molecule has 3 aromatic rings. The van der Waals surface area contributed by atoms with E-state index in [-0.39, 0.29) is 6.61 Å². The molecule has 0 unspecified atom stereocenters. The highest BCUT2D eigenvalue weighted by Crippen LogP contribution is 2.40. The summed E-state index contributed by atoms with van der Waals surface area (Å²) in [6.45, 7) is 1.01. The van der Waals surface area contributed by atoms with Gasteiger partial charge in [0.1, 0.15) is 24.9 Å². The van der Waals surface area contributed by atoms with Gasteiger partial charge in [-0.2, -0.15) is 0 Å². The number of ether oxygens (including phenoxy) is 5. The normalized spacial score (nSPS) is 28.6. The molecule has 2 aliphatic heterocycles. The summed E-state index contributed by atoms with van der Waals surface area (Å²) >= 11 is 0. The lowest BCUT2D eigenvalue weighted by Crippen LogP contribution is -2.63. The van der Waals surface area contributed by atoms with Crippen molar-refractivity contribution in [2.75, 3.05) is 6.61 Å². The maximum Gasteiger partial charge on any atom is 0.221 e. The van der Waals surface area contributed by atoms with E-state index in [2.05, 4.69) is 0 Å². The third kappa shape index (κ3) is 5.17. The van der Waals surface area contributed by atoms with Crippen molar-refractivity contribution < 1.29 is 28.8 Å². The van der Waals surface area contributed by atoms with Crippen molar-refractivity contribution in [3.05, 3.63) is 108 Å². The summed E-state index contributed by atoms with van der Waals surface area (Å²) in [5, 5.41) is 11.2. The van der Waals surface area contributed by atoms with Crippen molar-refractivity contribution in [2.24, 2.45) is 0 Å². The number of aliphatic hydroxyl groups is 1. The van der Waals surface area contributed by atoms with Crippen molar-refractivity contribution in [1.82, 2.24) is 0 Å². The second kappa shape index (κ2) is 10.1. The van der Waals surface area contributed by atoms with Crippen LogP contribution in [0.1, 0.15) is 16.7 Å². The molecule has 5 rings (SSSR count). The molecule has 2 aliphatic rings. The highest BCUT2D eigenvalue weighted by molar-refractivity contribution is 5.16. The molecule has 2 heterocycles. The van der Waals surface area contributed by atoms with Crippen LogP contribution < -0.4 is 0 Å². The molecule has 172 valence electrons. The number of rotatable bonds is 9. The molecule has 6 nitrogen and oxygen atoms in total. The standard InChI is InChI=1S/C27H28O6/c28-27-19-32-26(33-27)24(30-17-21-12-6-2-7-13-21)23(29-16-20-10-4-1-5-11-20)25(27)31-18-22-14-8-3-9-15-22/h1-15,23-26,28H,16-19H2/t23-,24+,25+,26+,27+/m1/s1. The van der Waals surface area contributed by atoms with Crippen LogP contribution in [0.4, 0.5) is 0 Å². The minimum Gasteiger partial charge on any atom is -0.368 e. The van der Waals surface area contributed by atoms with E-state index in [1.807, 2.05) is 91.0 Å². The van der Waals surface area contributed by atoms with Gasteiger partial charge < -0.3 is 28.8 Å². The molecule has 2 bridgehead atoms. The summed E-state index contributed by atoms with van der Waals surface area (Å²) in [5.74, 6) is -1.60. The van der Waals surface area contributed by atoms with E-state index in [1.165, 1.54) is 0 Å². The SMILES string of the molecule is O[C@@]12CO[C@@H](O1)[C@@H](OCc1ccccc1)[C@@H](OCc1ccccc1)[C@@H]2OCc1ccccc1. The highest BCUT2D eigenvalue weighted by Gasteiger charge is 2.61. The third-order valence-electron chi connectivity index (χ3n) is 5.95. The van der Waals surface area contributed by atoms with Gasteiger partial charge in [0.15, 0.2) is 6.29 Å². The fourth-order valence-electron chi connectivity index (χ4n) is 4.24. The number of benzene rings is 3. The highest BCUT2D eigenvalue weighted by atomic mass is 16.8. The van der Waals surface area contributed by atoms with Crippen LogP contribution >= 0.6 is 0 Å². The van der Waals surface area contributed by atoms with Crippen LogP contribution in [-0.4, -0.2) is 42.1 Å². The average molecular weight is 449 g/mol. The zero-order chi connectivity index (χ0) is 22.5. The van der Waals surface area contributed by atoms with E-state index in [1.54, 1.807) is 0 Å². The summed E-state index contributed by atoms with van der Waals surface area (Å²) in [5.41, 5.74) is 3.04. The maximum absolute atomic E-state index is 11.2. The molecular formula is C27H28O6. The van der Waals surface area contributed by atoms with Gasteiger partial charge in [0.25, 0.3) is 0 Å². The summed E-state index contributed by atoms with van der Waals surface area (Å²) in [4.78, 5) is 0. The number of hydrogen-bond donors (Lipinski definition) is 1. The van der Waals surface area contributed by atoms with Gasteiger partial charge in [0, 0.05) is 0 Å². The minimum absolute atomic E-state index is 0.00643. The van der Waals surface area contributed by atoms with Gasteiger partial charge in [-0.1, -0.05) is 91.0 Å². The quantitative estimate of drug-likeness (QED) is 0.537. The Labute approximate surface area is 193 Å². The summed E-state index contributed by atoms with van der Waals surface area (Å²) < 4.78 is 30.5. The van der Waals surface area contributed by atoms with Crippen molar-refractivity contribution in [1.29, 1.82) is 0 Å². The first-order valence-electron chi connectivity index (χ1n) is 11.2. The van der Waals surface area contributed by atoms with Crippen molar-refractivity contribution >= 4 is 0 Å². The van der Waals surface area contributed by atoms with Gasteiger partial charge in [0.2, 0.25) is 5.79 Å². The van der Waals surface area contributed by atoms with Crippen LogP contribution in [0.5, 0.6) is 0 Å². The summed E-state index contributed by atoms with van der Waals surface area (Å²) in [7, 11) is 0. The van der Waals surface area contributed by atoms with E-state index in [9.17, 15) is 5.11 Å². The lowest BCUT2D eigenvalue weighted by Gasteiger charge is -2.43. The fraction of sp³-hybridized carbons (Fsp3) is 0.333. The topological polar surface area (TPSA) is 66.4 Å². The van der Waals surface area contributed by atoms with E-state index in [4.69, 9.17) is 23.7 Å². The van der Waals surface area contributed by atoms with E-state index >= 15 is 0 Å². The molecule has 0 amide bonds. The molecule has 6 heteroatoms. The van der Waals surface area contributed by atoms with Gasteiger partial charge in [-0.3, -0.25) is 0 Å². The monoisotopic (exact) mass is 448 g/mol. The lowest BCUT2D eigenvalue weighted by molar-refractivity contribution is -0.345. The van der Waals surface area contributed by atoms with Crippen LogP contribution in [0.15, 0.2) is 91.0 Å². The van der Waals surface area contributed by atoms with E-state index < -0.39 is 30.4 Å². The molecule has 0 spiro atoms. The Kier molecular flexibility index (Phi) is 6.83. The zero-order valence-electron chi connectivity index (χ0n) is 18.3. The summed E-state index contributed by atoms with van der Waals surface area (Å²) in [6, 6.07) is 29.6. The Morgan fingerprint density at radius 3 is 1.64 bits per heavy atom. The molecular weight excluding hydrogens is 420 g/mol. The second-order valence-electron chi connectivity index (χ2n) is 8.38. The largest absolute Gasteiger partial charge is 0.368 e. The number of fused-ring (bicyclic) bond motifs is 2. The predicted octanol–water partition coefficient (Wildman–Crippen LogP) is 3.82. The molecule has 0 aromatic heterocycles. The second-order valence-corrected chi connectivity index (χ2v) is 8.38. The van der Waals surface area contributed by atoms with E-state index in [0.717, 1.165) is 16.7 Å². The van der Waals surface area contributed by atoms with Gasteiger partial charge in [-0.25, -0.2) is 0 Å². The van der Waals surface area contributed by atoms with E-state index in [0.29, 0.717) is 19.8 Å². The first-order chi connectivity index (χ1) is 16.2. The van der Waals surface area contributed by atoms with Crippen LogP contribution in [-0.2, 0) is 43.5 Å². The molecule has 2 saturated heterocycles. The predicted molar refractivity (Wildman–Crippen MR) is 121 cm³/mol. The summed E-state index contributed by atoms with van der Waals surface area (Å²) in [6.07, 6.45) is -2.70. The zero-order valence-corrected chi connectivity index (χ0v) is 18.3. The smallest absolute Gasteiger partial charge is 0.221 e. The molecule has 5 atom stereocenters. The Bertz CT molecular complexity index is 999. The molecule has 3 aromatic carbocycles. The lowest BCUT2D eigenvalue weighted by atomic mass is 9.97. The van der Waals surface area contributed by atoms with Crippen LogP contribution in [0.3, 0.4) is 0 Å². The van der Waals surface area contributed by atoms with Crippen molar-refractivity contribution in [2.45, 2.75) is 50.2 Å². The average Bonchev–Trinajstić information content (AvgIpc) is 3.22. The molecule has 1 N–H and O–H groups in total. The third-order valence-corrected chi connectivity index (χ3v) is 5.95. The van der Waals surface area contributed by atoms with Crippen molar-refractivity contribution in [3.63, 3.8) is 0 Å². The van der Waals surface area contributed by atoms with Gasteiger partial charge in [-0.05, 0) is 16.7 Å². The van der Waals surface area contributed by atoms with Gasteiger partial charge >= 0.3 is 0 Å². The molecule has 2 fully saturated rings. The minimum atomic E-state index is -1.60. The van der Waals surface area contributed by atoms with Gasteiger partial charge in [0.05, 0.1) is 19.8 Å².